The number of aromatic nitrogens is 1. The Labute approximate surface area is 183 Å². The molecule has 1 saturated heterocycles. The number of amides is 1. The average molecular weight is 464 g/mol. The van der Waals surface area contributed by atoms with Gasteiger partial charge in [-0.1, -0.05) is 0 Å². The van der Waals surface area contributed by atoms with E-state index in [1.807, 2.05) is 12.1 Å². The summed E-state index contributed by atoms with van der Waals surface area (Å²) in [6.07, 6.45) is 3.02. The van der Waals surface area contributed by atoms with Crippen LogP contribution in [-0.2, 0) is 26.4 Å². The van der Waals surface area contributed by atoms with Gasteiger partial charge in [0.15, 0.2) is 11.6 Å². The Morgan fingerprint density at radius 2 is 1.84 bits per heavy atom. The zero-order valence-electron chi connectivity index (χ0n) is 17.1. The molecule has 0 bridgehead atoms. The third kappa shape index (κ3) is 5.55. The fourth-order valence-corrected chi connectivity index (χ4v) is 5.38. The summed E-state index contributed by atoms with van der Waals surface area (Å²) in [6.45, 7) is 1.00. The molecule has 1 aliphatic rings. The van der Waals surface area contributed by atoms with Gasteiger partial charge in [0.05, 0.1) is 0 Å². The molecule has 7 nitrogen and oxygen atoms in total. The number of hydrogen-bond donors (Lipinski definition) is 2. The molecular formula is C22H23F2N2O5P. The van der Waals surface area contributed by atoms with E-state index in [4.69, 9.17) is 13.6 Å². The van der Waals surface area contributed by atoms with Gasteiger partial charge in [0.1, 0.15) is 0 Å². The Hall–Kier alpha value is -2.71. The van der Waals surface area contributed by atoms with E-state index in [0.717, 1.165) is 24.1 Å². The summed E-state index contributed by atoms with van der Waals surface area (Å²) < 4.78 is 42.7. The van der Waals surface area contributed by atoms with Crippen LogP contribution in [-0.4, -0.2) is 29.2 Å². The summed E-state index contributed by atoms with van der Waals surface area (Å²) in [5, 5.41) is 6.52. The second-order valence-corrected chi connectivity index (χ2v) is 9.85. The Kier molecular flexibility index (Phi) is 6.91. The molecule has 0 atom stereocenters. The standard InChI is InChI=1S/C22H23F2N2O5P/c23-19-8-4-16(12-20(19)24)22-17(13-25-31-22)5-9-21(27)26-18-6-2-15(3-7-18)14-32(28)29-10-1-11-30-32/h2-4,6-8,12-13,28,32H,1,5,9-11,14H2,(H,26,27). The molecule has 2 N–H and O–H groups in total. The van der Waals surface area contributed by atoms with Gasteiger partial charge in [-0.25, -0.2) is 8.78 Å². The number of nitrogens with zero attached hydrogens (tertiary/aromatic N) is 1. The van der Waals surface area contributed by atoms with E-state index in [2.05, 4.69) is 10.5 Å². The van der Waals surface area contributed by atoms with Gasteiger partial charge in [0.25, 0.3) is 0 Å². The fourth-order valence-electron chi connectivity index (χ4n) is 3.42. The van der Waals surface area contributed by atoms with E-state index in [-0.39, 0.29) is 12.3 Å². The predicted molar refractivity (Wildman–Crippen MR) is 116 cm³/mol. The molecule has 1 amide bonds. The molecule has 1 fully saturated rings. The van der Waals surface area contributed by atoms with Crippen LogP contribution < -0.4 is 5.32 Å². The van der Waals surface area contributed by atoms with Crippen molar-refractivity contribution < 1.29 is 32.0 Å². The number of hydrogen-bond acceptors (Lipinski definition) is 6. The van der Waals surface area contributed by atoms with Crippen molar-refractivity contribution in [1.82, 2.24) is 5.16 Å². The van der Waals surface area contributed by atoms with Gasteiger partial charge in [0.2, 0.25) is 0 Å². The zero-order chi connectivity index (χ0) is 22.6. The molecule has 0 saturated carbocycles. The van der Waals surface area contributed by atoms with Crippen molar-refractivity contribution in [3.8, 4) is 11.3 Å². The van der Waals surface area contributed by atoms with Crippen LogP contribution >= 0.6 is 7.94 Å². The molecule has 170 valence electrons. The second-order valence-electron chi connectivity index (χ2n) is 7.49. The van der Waals surface area contributed by atoms with Crippen molar-refractivity contribution in [3.05, 3.63) is 71.4 Å². The normalized spacial score (nSPS) is 16.5. The molecule has 2 heterocycles. The summed E-state index contributed by atoms with van der Waals surface area (Å²) in [5.41, 5.74) is 2.44. The molecule has 3 aromatic rings. The second kappa shape index (κ2) is 9.83. The van der Waals surface area contributed by atoms with Crippen molar-refractivity contribution in [2.24, 2.45) is 0 Å². The van der Waals surface area contributed by atoms with Crippen LogP contribution in [0.2, 0.25) is 0 Å². The van der Waals surface area contributed by atoms with Gasteiger partial charge in [-0.05, 0) is 18.2 Å². The first kappa shape index (κ1) is 22.5. The van der Waals surface area contributed by atoms with E-state index in [1.165, 1.54) is 12.3 Å². The summed E-state index contributed by atoms with van der Waals surface area (Å²) in [6, 6.07) is 10.6. The number of anilines is 1. The Balaban J connectivity index is 1.32. The van der Waals surface area contributed by atoms with Crippen LogP contribution in [0.25, 0.3) is 11.3 Å². The van der Waals surface area contributed by atoms with Gasteiger partial charge in [0, 0.05) is 0 Å². The van der Waals surface area contributed by atoms with E-state index in [9.17, 15) is 18.5 Å². The molecule has 0 aliphatic carbocycles. The van der Waals surface area contributed by atoms with Crippen molar-refractivity contribution in [3.63, 3.8) is 0 Å². The van der Waals surface area contributed by atoms with E-state index < -0.39 is 19.6 Å². The number of nitrogens with one attached hydrogen (secondary N) is 1. The molecule has 10 heteroatoms. The first-order valence-electron chi connectivity index (χ1n) is 10.2. The molecule has 0 spiro atoms. The quantitative estimate of drug-likeness (QED) is 0.496. The maximum atomic E-state index is 13.5. The van der Waals surface area contributed by atoms with E-state index in [1.54, 1.807) is 12.1 Å². The van der Waals surface area contributed by atoms with Gasteiger partial charge in [-0.15, -0.1) is 0 Å². The molecule has 0 radical (unpaired) electrons. The summed E-state index contributed by atoms with van der Waals surface area (Å²) in [7, 11) is -3.16. The number of halogens is 2. The molecule has 0 unspecified atom stereocenters. The van der Waals surface area contributed by atoms with Crippen LogP contribution in [0.5, 0.6) is 0 Å². The van der Waals surface area contributed by atoms with E-state index >= 15 is 0 Å². The number of aryl methyl sites for hydroxylation is 1. The topological polar surface area (TPSA) is 93.8 Å². The van der Waals surface area contributed by atoms with Crippen molar-refractivity contribution >= 4 is 19.5 Å². The predicted octanol–water partition coefficient (Wildman–Crippen LogP) is 4.62. The van der Waals surface area contributed by atoms with Crippen molar-refractivity contribution in [1.29, 1.82) is 0 Å². The Morgan fingerprint density at radius 1 is 1.09 bits per heavy atom. The summed E-state index contributed by atoms with van der Waals surface area (Å²) in [4.78, 5) is 22.8. The van der Waals surface area contributed by atoms with Crippen LogP contribution in [0.3, 0.4) is 0 Å². The molecule has 1 aromatic heterocycles. The van der Waals surface area contributed by atoms with Crippen LogP contribution in [0.1, 0.15) is 24.0 Å². The van der Waals surface area contributed by atoms with Crippen LogP contribution in [0.15, 0.2) is 53.2 Å². The number of benzene rings is 2. The van der Waals surface area contributed by atoms with Gasteiger partial charge >= 0.3 is 145 Å². The first-order chi connectivity index (χ1) is 15.4. The molecule has 4 rings (SSSR count). The van der Waals surface area contributed by atoms with Crippen LogP contribution in [0, 0.1) is 11.6 Å². The SMILES string of the molecule is O=C(CCc1cnoc1-c1ccc(F)c(F)c1)Nc1ccc(C[PH]2(O)OCCCO2)cc1. The van der Waals surface area contributed by atoms with Crippen LogP contribution in [0.4, 0.5) is 14.5 Å². The van der Waals surface area contributed by atoms with Gasteiger partial charge in [-0.3, -0.25) is 0 Å². The van der Waals surface area contributed by atoms with E-state index in [0.29, 0.717) is 48.4 Å². The minimum atomic E-state index is -3.16. The molecular weight excluding hydrogens is 441 g/mol. The summed E-state index contributed by atoms with van der Waals surface area (Å²) >= 11 is 0. The number of carbonyl (C=O) groups is 1. The third-order valence-corrected chi connectivity index (χ3v) is 7.22. The average Bonchev–Trinajstić information content (AvgIpc) is 3.25. The molecule has 32 heavy (non-hydrogen) atoms. The Bertz CT molecular complexity index is 1080. The molecule has 1 aliphatic heterocycles. The van der Waals surface area contributed by atoms with Crippen molar-refractivity contribution in [2.75, 3.05) is 18.5 Å². The van der Waals surface area contributed by atoms with Gasteiger partial charge in [-0.2, -0.15) is 0 Å². The van der Waals surface area contributed by atoms with Crippen molar-refractivity contribution in [2.45, 2.75) is 25.4 Å². The number of rotatable bonds is 7. The van der Waals surface area contributed by atoms with Gasteiger partial charge < -0.3 is 0 Å². The first-order valence-corrected chi connectivity index (χ1v) is 12.2. The maximum absolute atomic E-state index is 13.5. The zero-order valence-corrected chi connectivity index (χ0v) is 18.1. The Morgan fingerprint density at radius 3 is 2.56 bits per heavy atom. The monoisotopic (exact) mass is 464 g/mol. The minimum absolute atomic E-state index is 0.147. The molecule has 2 aromatic carbocycles. The summed E-state index contributed by atoms with van der Waals surface area (Å²) in [5.74, 6) is -1.85. The third-order valence-electron chi connectivity index (χ3n) is 5.06. The number of carbonyl (C=O) groups excluding carboxylic acids is 1. The fraction of sp³-hybridized carbons (Fsp3) is 0.273.